The van der Waals surface area contributed by atoms with Crippen molar-refractivity contribution in [3.8, 4) is 0 Å². The summed E-state index contributed by atoms with van der Waals surface area (Å²) in [6.07, 6.45) is 1.06. The molecule has 0 aromatic rings. The second-order valence-corrected chi connectivity index (χ2v) is 4.76. The second kappa shape index (κ2) is 5.35. The Labute approximate surface area is 92.6 Å². The van der Waals surface area contributed by atoms with Crippen molar-refractivity contribution in [2.24, 2.45) is 0 Å². The van der Waals surface area contributed by atoms with Gasteiger partial charge in [0.2, 0.25) is 0 Å². The summed E-state index contributed by atoms with van der Waals surface area (Å²) < 4.78 is 0. The molecule has 0 aliphatic carbocycles. The van der Waals surface area contributed by atoms with E-state index >= 15 is 0 Å². The first-order valence-electron chi connectivity index (χ1n) is 5.76. The van der Waals surface area contributed by atoms with E-state index in [0.717, 1.165) is 26.1 Å². The number of carbonyl (C=O) groups excluding carboxylic acids is 1. The van der Waals surface area contributed by atoms with Gasteiger partial charge >= 0.3 is 6.03 Å². The van der Waals surface area contributed by atoms with E-state index in [1.54, 1.807) is 0 Å². The molecule has 0 spiro atoms. The van der Waals surface area contributed by atoms with Gasteiger partial charge in [0.05, 0.1) is 0 Å². The molecule has 1 aliphatic rings. The van der Waals surface area contributed by atoms with Gasteiger partial charge in [-0.15, -0.1) is 0 Å². The Bertz CT molecular complexity index is 218. The standard InChI is InChI=1S/C11H23N3O/c1-9(2)12-11(15)14-7-5-6-13(4)8-10(14)3/h9-10H,5-8H2,1-4H3,(H,12,15). The normalized spacial score (nSPS) is 24.1. The lowest BCUT2D eigenvalue weighted by Gasteiger charge is -2.29. The van der Waals surface area contributed by atoms with Crippen molar-refractivity contribution in [1.29, 1.82) is 0 Å². The summed E-state index contributed by atoms with van der Waals surface area (Å²) in [6, 6.07) is 0.592. The fourth-order valence-electron chi connectivity index (χ4n) is 2.00. The maximum Gasteiger partial charge on any atom is 0.317 e. The molecule has 1 rings (SSSR count). The van der Waals surface area contributed by atoms with Gasteiger partial charge < -0.3 is 15.1 Å². The molecule has 1 atom stereocenters. The van der Waals surface area contributed by atoms with Crippen molar-refractivity contribution in [2.75, 3.05) is 26.7 Å². The van der Waals surface area contributed by atoms with Crippen LogP contribution in [0.3, 0.4) is 0 Å². The van der Waals surface area contributed by atoms with Gasteiger partial charge in [-0.1, -0.05) is 0 Å². The van der Waals surface area contributed by atoms with Gasteiger partial charge in [0.15, 0.2) is 0 Å². The van der Waals surface area contributed by atoms with Crippen molar-refractivity contribution < 1.29 is 4.79 Å². The van der Waals surface area contributed by atoms with E-state index in [9.17, 15) is 4.79 Å². The van der Waals surface area contributed by atoms with Crippen LogP contribution in [0.4, 0.5) is 4.79 Å². The molecule has 4 heteroatoms. The number of nitrogens with zero attached hydrogens (tertiary/aromatic N) is 2. The van der Waals surface area contributed by atoms with Gasteiger partial charge in [-0.3, -0.25) is 0 Å². The highest BCUT2D eigenvalue weighted by Gasteiger charge is 2.23. The molecule has 1 fully saturated rings. The lowest BCUT2D eigenvalue weighted by Crippen LogP contribution is -2.48. The van der Waals surface area contributed by atoms with Crippen LogP contribution in [0.2, 0.25) is 0 Å². The summed E-state index contributed by atoms with van der Waals surface area (Å²) in [5, 5.41) is 2.95. The Kier molecular flexibility index (Phi) is 4.39. The third-order valence-electron chi connectivity index (χ3n) is 2.72. The molecule has 15 heavy (non-hydrogen) atoms. The van der Waals surface area contributed by atoms with E-state index in [-0.39, 0.29) is 12.1 Å². The lowest BCUT2D eigenvalue weighted by molar-refractivity contribution is 0.175. The van der Waals surface area contributed by atoms with E-state index in [2.05, 4.69) is 24.2 Å². The van der Waals surface area contributed by atoms with Crippen LogP contribution in [-0.2, 0) is 0 Å². The van der Waals surface area contributed by atoms with Gasteiger partial charge in [0.1, 0.15) is 0 Å². The maximum absolute atomic E-state index is 11.9. The first kappa shape index (κ1) is 12.3. The van der Waals surface area contributed by atoms with Gasteiger partial charge in [-0.25, -0.2) is 4.79 Å². The molecule has 0 saturated carbocycles. The van der Waals surface area contributed by atoms with Crippen molar-refractivity contribution in [3.05, 3.63) is 0 Å². The largest absolute Gasteiger partial charge is 0.336 e. The number of hydrogen-bond acceptors (Lipinski definition) is 2. The lowest BCUT2D eigenvalue weighted by atomic mass is 10.3. The van der Waals surface area contributed by atoms with Crippen LogP contribution in [0.25, 0.3) is 0 Å². The van der Waals surface area contributed by atoms with Crippen LogP contribution in [-0.4, -0.2) is 54.6 Å². The van der Waals surface area contributed by atoms with Gasteiger partial charge in [-0.2, -0.15) is 0 Å². The summed E-state index contributed by atoms with van der Waals surface area (Å²) in [5.74, 6) is 0. The van der Waals surface area contributed by atoms with Crippen LogP contribution in [0.15, 0.2) is 0 Å². The summed E-state index contributed by atoms with van der Waals surface area (Å²) >= 11 is 0. The quantitative estimate of drug-likeness (QED) is 0.709. The van der Waals surface area contributed by atoms with Crippen LogP contribution < -0.4 is 5.32 Å². The number of hydrogen-bond donors (Lipinski definition) is 1. The topological polar surface area (TPSA) is 35.6 Å². The Morgan fingerprint density at radius 3 is 2.67 bits per heavy atom. The van der Waals surface area contributed by atoms with Gasteiger partial charge in [0.25, 0.3) is 0 Å². The van der Waals surface area contributed by atoms with Crippen LogP contribution in [0.5, 0.6) is 0 Å². The number of nitrogens with one attached hydrogen (secondary N) is 1. The van der Waals surface area contributed by atoms with E-state index < -0.39 is 0 Å². The zero-order valence-electron chi connectivity index (χ0n) is 10.3. The molecule has 0 bridgehead atoms. The van der Waals surface area contributed by atoms with Crippen LogP contribution in [0.1, 0.15) is 27.2 Å². The number of rotatable bonds is 1. The molecule has 1 saturated heterocycles. The fraction of sp³-hybridized carbons (Fsp3) is 0.909. The van der Waals surface area contributed by atoms with E-state index in [1.807, 2.05) is 18.7 Å². The van der Waals surface area contributed by atoms with E-state index in [1.165, 1.54) is 0 Å². The highest BCUT2D eigenvalue weighted by molar-refractivity contribution is 5.74. The Morgan fingerprint density at radius 1 is 1.40 bits per heavy atom. The summed E-state index contributed by atoms with van der Waals surface area (Å²) in [5.41, 5.74) is 0. The average Bonchev–Trinajstić information content (AvgIpc) is 2.25. The van der Waals surface area contributed by atoms with Crippen molar-refractivity contribution in [2.45, 2.75) is 39.3 Å². The van der Waals surface area contributed by atoms with Crippen molar-refractivity contribution >= 4 is 6.03 Å². The zero-order valence-corrected chi connectivity index (χ0v) is 10.3. The molecule has 1 heterocycles. The first-order valence-corrected chi connectivity index (χ1v) is 5.76. The molecule has 88 valence electrons. The highest BCUT2D eigenvalue weighted by atomic mass is 16.2. The maximum atomic E-state index is 11.9. The minimum atomic E-state index is 0.0767. The van der Waals surface area contributed by atoms with Crippen molar-refractivity contribution in [3.63, 3.8) is 0 Å². The highest BCUT2D eigenvalue weighted by Crippen LogP contribution is 2.08. The Morgan fingerprint density at radius 2 is 2.07 bits per heavy atom. The average molecular weight is 213 g/mol. The zero-order chi connectivity index (χ0) is 11.4. The molecule has 0 radical (unpaired) electrons. The van der Waals surface area contributed by atoms with E-state index in [4.69, 9.17) is 0 Å². The first-order chi connectivity index (χ1) is 7.00. The second-order valence-electron chi connectivity index (χ2n) is 4.76. The minimum absolute atomic E-state index is 0.0767. The molecule has 1 aliphatic heterocycles. The van der Waals surface area contributed by atoms with Gasteiger partial charge in [0, 0.05) is 25.2 Å². The molecular weight excluding hydrogens is 190 g/mol. The molecule has 0 aromatic heterocycles. The SMILES string of the molecule is CC(C)NC(=O)N1CCCN(C)CC1C. The molecule has 2 amide bonds. The number of amides is 2. The smallest absolute Gasteiger partial charge is 0.317 e. The molecule has 1 N–H and O–H groups in total. The third kappa shape index (κ3) is 3.70. The Balaban J connectivity index is 2.55. The summed E-state index contributed by atoms with van der Waals surface area (Å²) in [6.45, 7) is 9.01. The number of urea groups is 1. The predicted octanol–water partition coefficient (Wildman–Crippen LogP) is 1.13. The third-order valence-corrected chi connectivity index (χ3v) is 2.72. The molecule has 4 nitrogen and oxygen atoms in total. The van der Waals surface area contributed by atoms with E-state index in [0.29, 0.717) is 6.04 Å². The monoisotopic (exact) mass is 213 g/mol. The molecule has 0 aromatic carbocycles. The van der Waals surface area contributed by atoms with Crippen LogP contribution >= 0.6 is 0 Å². The van der Waals surface area contributed by atoms with Crippen LogP contribution in [0, 0.1) is 0 Å². The molecular formula is C11H23N3O. The fourth-order valence-corrected chi connectivity index (χ4v) is 2.00. The summed E-state index contributed by atoms with van der Waals surface area (Å²) in [4.78, 5) is 16.1. The predicted molar refractivity (Wildman–Crippen MR) is 61.9 cm³/mol. The Hall–Kier alpha value is -0.770. The van der Waals surface area contributed by atoms with Crippen molar-refractivity contribution in [1.82, 2.24) is 15.1 Å². The van der Waals surface area contributed by atoms with Gasteiger partial charge in [-0.05, 0) is 40.8 Å². The minimum Gasteiger partial charge on any atom is -0.336 e. The number of likely N-dealkylation sites (N-methyl/N-ethyl adjacent to an activating group) is 1. The number of carbonyl (C=O) groups is 1. The molecule has 1 unspecified atom stereocenters. The summed E-state index contributed by atoms with van der Waals surface area (Å²) in [7, 11) is 2.11.